The molecule has 2 heterocycles. The van der Waals surface area contributed by atoms with E-state index >= 15 is 0 Å². The Morgan fingerprint density at radius 1 is 1.23 bits per heavy atom. The van der Waals surface area contributed by atoms with Gasteiger partial charge in [-0.3, -0.25) is 9.71 Å². The number of amidine groups is 1. The number of nitrogens with zero attached hydrogens (tertiary/aromatic N) is 2. The minimum atomic E-state index is -3.47. The molecule has 116 valence electrons. The van der Waals surface area contributed by atoms with Crippen molar-refractivity contribution in [2.24, 2.45) is 4.99 Å². The summed E-state index contributed by atoms with van der Waals surface area (Å²) in [6.45, 7) is 0.500. The minimum Gasteiger partial charge on any atom is -0.300 e. The normalized spacial score (nSPS) is 19.1. The maximum atomic E-state index is 12.1. The third-order valence-corrected chi connectivity index (χ3v) is 5.95. The highest BCUT2D eigenvalue weighted by Crippen LogP contribution is 2.25. The molecule has 2 aromatic rings. The molecule has 1 aromatic carbocycles. The van der Waals surface area contributed by atoms with Crippen molar-refractivity contribution in [1.29, 1.82) is 0 Å². The van der Waals surface area contributed by atoms with Crippen LogP contribution < -0.4 is 4.72 Å². The van der Waals surface area contributed by atoms with Crippen molar-refractivity contribution in [2.75, 3.05) is 20.6 Å². The van der Waals surface area contributed by atoms with Gasteiger partial charge in [-0.05, 0) is 37.7 Å². The maximum absolute atomic E-state index is 12.1. The Kier molecular flexibility index (Phi) is 4.03. The van der Waals surface area contributed by atoms with Crippen LogP contribution in [-0.2, 0) is 10.0 Å². The van der Waals surface area contributed by atoms with Crippen LogP contribution in [0.3, 0.4) is 0 Å². The highest BCUT2D eigenvalue weighted by Gasteiger charge is 2.30. The van der Waals surface area contributed by atoms with Crippen molar-refractivity contribution in [3.63, 3.8) is 0 Å². The second-order valence-corrected chi connectivity index (χ2v) is 7.92. The molecule has 1 aromatic heterocycles. The van der Waals surface area contributed by atoms with Crippen molar-refractivity contribution in [1.82, 2.24) is 9.62 Å². The average molecular weight is 335 g/mol. The summed E-state index contributed by atoms with van der Waals surface area (Å²) in [5, 5.41) is 2.03. The Morgan fingerprint density at radius 2 is 2.00 bits per heavy atom. The molecule has 0 saturated carbocycles. The smallest absolute Gasteiger partial charge is 0.263 e. The second kappa shape index (κ2) is 5.83. The van der Waals surface area contributed by atoms with Crippen molar-refractivity contribution in [2.45, 2.75) is 10.9 Å². The van der Waals surface area contributed by atoms with Crippen molar-refractivity contribution < 1.29 is 8.42 Å². The Labute approximate surface area is 134 Å². The van der Waals surface area contributed by atoms with E-state index < -0.39 is 10.0 Å². The first kappa shape index (κ1) is 15.2. The van der Waals surface area contributed by atoms with Crippen molar-refractivity contribution in [3.8, 4) is 0 Å². The third-order valence-electron chi connectivity index (χ3n) is 3.58. The number of likely N-dealkylation sites (N-methyl/N-ethyl adjacent to an activating group) is 1. The van der Waals surface area contributed by atoms with E-state index in [4.69, 9.17) is 0 Å². The summed E-state index contributed by atoms with van der Waals surface area (Å²) in [4.78, 5) is 8.13. The largest absolute Gasteiger partial charge is 0.300 e. The van der Waals surface area contributed by atoms with Crippen LogP contribution in [0.2, 0.25) is 0 Å². The molecule has 5 nitrogen and oxygen atoms in total. The second-order valence-electron chi connectivity index (χ2n) is 5.29. The minimum absolute atomic E-state index is 0.129. The molecule has 1 aliphatic heterocycles. The van der Waals surface area contributed by atoms with Gasteiger partial charge in [0.1, 0.15) is 5.84 Å². The summed E-state index contributed by atoms with van der Waals surface area (Å²) >= 11 is 1.68. The fourth-order valence-electron chi connectivity index (χ4n) is 2.42. The molecule has 1 N–H and O–H groups in total. The lowest BCUT2D eigenvalue weighted by molar-refractivity contribution is 0.311. The molecular weight excluding hydrogens is 318 g/mol. The Balaban J connectivity index is 1.91. The monoisotopic (exact) mass is 335 g/mol. The molecule has 1 atom stereocenters. The highest BCUT2D eigenvalue weighted by molar-refractivity contribution is 7.90. The Morgan fingerprint density at radius 3 is 2.68 bits per heavy atom. The van der Waals surface area contributed by atoms with Crippen LogP contribution in [0.15, 0.2) is 51.7 Å². The number of fused-ring (bicyclic) bond motifs is 1. The third kappa shape index (κ3) is 2.79. The lowest BCUT2D eigenvalue weighted by Gasteiger charge is -2.21. The molecule has 22 heavy (non-hydrogen) atoms. The fourth-order valence-corrected chi connectivity index (χ4v) is 4.58. The zero-order valence-electron chi connectivity index (χ0n) is 12.4. The molecule has 0 amide bonds. The highest BCUT2D eigenvalue weighted by atomic mass is 32.2. The van der Waals surface area contributed by atoms with Gasteiger partial charge in [0.15, 0.2) is 0 Å². The summed E-state index contributed by atoms with van der Waals surface area (Å²) in [5.74, 6) is 0.430. The fraction of sp³-hybridized carbons (Fsp3) is 0.267. The number of thiophene rings is 1. The van der Waals surface area contributed by atoms with E-state index in [0.717, 1.165) is 0 Å². The van der Waals surface area contributed by atoms with Gasteiger partial charge in [0.2, 0.25) is 0 Å². The number of rotatable bonds is 4. The van der Waals surface area contributed by atoms with Gasteiger partial charge in [0, 0.05) is 10.4 Å². The van der Waals surface area contributed by atoms with Crippen LogP contribution in [0.4, 0.5) is 0 Å². The SMILES string of the molecule is CN(C)[C@@H](CN=C1NS(=O)(=O)c2ccccc21)c1cccs1. The van der Waals surface area contributed by atoms with Gasteiger partial charge in [-0.15, -0.1) is 11.3 Å². The zero-order chi connectivity index (χ0) is 15.7. The molecule has 0 radical (unpaired) electrons. The molecule has 0 spiro atoms. The molecule has 0 fully saturated rings. The molecule has 3 rings (SSSR count). The zero-order valence-corrected chi connectivity index (χ0v) is 14.0. The molecule has 1 aliphatic rings. The van der Waals surface area contributed by atoms with Gasteiger partial charge in [-0.25, -0.2) is 8.42 Å². The van der Waals surface area contributed by atoms with Crippen LogP contribution in [-0.4, -0.2) is 39.8 Å². The predicted molar refractivity (Wildman–Crippen MR) is 88.9 cm³/mol. The summed E-state index contributed by atoms with van der Waals surface area (Å²) in [7, 11) is 0.526. The first-order valence-electron chi connectivity index (χ1n) is 6.85. The van der Waals surface area contributed by atoms with E-state index in [1.54, 1.807) is 29.5 Å². The number of aliphatic imine (C=N–C) groups is 1. The van der Waals surface area contributed by atoms with Gasteiger partial charge < -0.3 is 4.90 Å². The standard InChI is InChI=1S/C15H17N3O2S2/c1-18(2)12(13-7-5-9-21-13)10-16-15-11-6-3-4-8-14(11)22(19,20)17-15/h3-9,12H,10H2,1-2H3,(H,16,17)/t12-/m0/s1. The summed E-state index contributed by atoms with van der Waals surface area (Å²) in [6, 6.07) is 11.1. The predicted octanol–water partition coefficient (Wildman–Crippen LogP) is 2.09. The van der Waals surface area contributed by atoms with E-state index in [-0.39, 0.29) is 6.04 Å². The van der Waals surface area contributed by atoms with Crippen LogP contribution in [0.1, 0.15) is 16.5 Å². The van der Waals surface area contributed by atoms with E-state index in [1.807, 2.05) is 31.6 Å². The quantitative estimate of drug-likeness (QED) is 0.931. The lowest BCUT2D eigenvalue weighted by atomic mass is 10.2. The maximum Gasteiger partial charge on any atom is 0.263 e. The molecule has 0 unspecified atom stereocenters. The molecule has 0 bridgehead atoms. The molecule has 0 saturated heterocycles. The van der Waals surface area contributed by atoms with Crippen molar-refractivity contribution in [3.05, 3.63) is 52.2 Å². The number of sulfonamides is 1. The van der Waals surface area contributed by atoms with Crippen LogP contribution in [0.5, 0.6) is 0 Å². The molecule has 0 aliphatic carbocycles. The Hall–Kier alpha value is -1.70. The van der Waals surface area contributed by atoms with E-state index in [1.165, 1.54) is 4.88 Å². The average Bonchev–Trinajstić information content (AvgIpc) is 3.07. The van der Waals surface area contributed by atoms with Crippen LogP contribution in [0, 0.1) is 0 Å². The first-order valence-corrected chi connectivity index (χ1v) is 9.22. The summed E-state index contributed by atoms with van der Waals surface area (Å²) in [5.41, 5.74) is 0.645. The Bertz CT molecular complexity index is 796. The van der Waals surface area contributed by atoms with E-state index in [0.29, 0.717) is 22.8 Å². The van der Waals surface area contributed by atoms with Gasteiger partial charge in [-0.1, -0.05) is 18.2 Å². The lowest BCUT2D eigenvalue weighted by Crippen LogP contribution is -2.26. The molecular formula is C15H17N3O2S2. The number of benzene rings is 1. The van der Waals surface area contributed by atoms with Gasteiger partial charge >= 0.3 is 0 Å². The van der Waals surface area contributed by atoms with Gasteiger partial charge in [0.25, 0.3) is 10.0 Å². The summed E-state index contributed by atoms with van der Waals surface area (Å²) in [6.07, 6.45) is 0. The van der Waals surface area contributed by atoms with E-state index in [2.05, 4.69) is 20.7 Å². The number of nitrogens with one attached hydrogen (secondary N) is 1. The number of hydrogen-bond donors (Lipinski definition) is 1. The topological polar surface area (TPSA) is 61.8 Å². The summed E-state index contributed by atoms with van der Waals surface area (Å²) < 4.78 is 26.7. The van der Waals surface area contributed by atoms with Crippen LogP contribution in [0.25, 0.3) is 0 Å². The van der Waals surface area contributed by atoms with Gasteiger partial charge in [0.05, 0.1) is 17.5 Å². The number of hydrogen-bond acceptors (Lipinski definition) is 5. The molecule has 7 heteroatoms. The van der Waals surface area contributed by atoms with Crippen LogP contribution >= 0.6 is 11.3 Å². The first-order chi connectivity index (χ1) is 10.5. The van der Waals surface area contributed by atoms with E-state index in [9.17, 15) is 8.42 Å². The van der Waals surface area contributed by atoms with Gasteiger partial charge in [-0.2, -0.15) is 0 Å². The van der Waals surface area contributed by atoms with Crippen molar-refractivity contribution >= 4 is 27.2 Å².